The average Bonchev–Trinajstić information content (AvgIpc) is 2.97. The van der Waals surface area contributed by atoms with Crippen LogP contribution in [0.1, 0.15) is 26.7 Å². The van der Waals surface area contributed by atoms with Gasteiger partial charge in [0, 0.05) is 18.2 Å². The highest BCUT2D eigenvalue weighted by Crippen LogP contribution is 2.32. The van der Waals surface area contributed by atoms with Crippen LogP contribution < -0.4 is 5.32 Å². The summed E-state index contributed by atoms with van der Waals surface area (Å²) in [6, 6.07) is 0.487. The Morgan fingerprint density at radius 3 is 2.79 bits per heavy atom. The fourth-order valence-corrected chi connectivity index (χ4v) is 1.35. The van der Waals surface area contributed by atoms with Crippen molar-refractivity contribution in [3.63, 3.8) is 0 Å². The van der Waals surface area contributed by atoms with E-state index in [1.807, 2.05) is 0 Å². The number of ether oxygens (including phenoxy) is 1. The minimum absolute atomic E-state index is 0.289. The molecule has 3 nitrogen and oxygen atoms in total. The molecule has 0 saturated heterocycles. The Morgan fingerprint density at radius 1 is 1.64 bits per heavy atom. The second kappa shape index (κ2) is 5.15. The van der Waals surface area contributed by atoms with Gasteiger partial charge in [-0.15, -0.1) is 0 Å². The van der Waals surface area contributed by atoms with Gasteiger partial charge in [-0.3, -0.25) is 0 Å². The lowest BCUT2D eigenvalue weighted by molar-refractivity contribution is -0.138. The fourth-order valence-electron chi connectivity index (χ4n) is 1.35. The molecule has 1 unspecified atom stereocenters. The van der Waals surface area contributed by atoms with E-state index in [1.165, 1.54) is 12.8 Å². The smallest absolute Gasteiger partial charge is 0.334 e. The first kappa shape index (κ1) is 11.2. The predicted octanol–water partition coefficient (Wildman–Crippen LogP) is 1.49. The Labute approximate surface area is 85.5 Å². The minimum Gasteiger partial charge on any atom is -0.463 e. The van der Waals surface area contributed by atoms with Crippen LogP contribution in [-0.4, -0.2) is 25.2 Å². The third kappa shape index (κ3) is 3.50. The van der Waals surface area contributed by atoms with E-state index in [2.05, 4.69) is 18.8 Å². The van der Waals surface area contributed by atoms with Gasteiger partial charge in [-0.2, -0.15) is 0 Å². The molecule has 1 N–H and O–H groups in total. The van der Waals surface area contributed by atoms with Crippen molar-refractivity contribution in [3.8, 4) is 0 Å². The zero-order valence-corrected chi connectivity index (χ0v) is 9.01. The summed E-state index contributed by atoms with van der Waals surface area (Å²) in [5, 5.41) is 3.28. The lowest BCUT2D eigenvalue weighted by Crippen LogP contribution is -2.31. The quantitative estimate of drug-likeness (QED) is 0.518. The van der Waals surface area contributed by atoms with E-state index in [-0.39, 0.29) is 5.97 Å². The first-order chi connectivity index (χ1) is 6.65. The van der Waals surface area contributed by atoms with Crippen molar-refractivity contribution in [1.82, 2.24) is 5.32 Å². The molecule has 0 heterocycles. The van der Waals surface area contributed by atoms with E-state index in [0.717, 1.165) is 5.92 Å². The summed E-state index contributed by atoms with van der Waals surface area (Å²) in [5.74, 6) is 0.507. The van der Waals surface area contributed by atoms with Crippen molar-refractivity contribution < 1.29 is 9.53 Å². The van der Waals surface area contributed by atoms with Crippen molar-refractivity contribution >= 4 is 5.97 Å². The maximum Gasteiger partial charge on any atom is 0.334 e. The van der Waals surface area contributed by atoms with Crippen LogP contribution in [-0.2, 0) is 9.53 Å². The van der Waals surface area contributed by atoms with Crippen molar-refractivity contribution in [2.45, 2.75) is 32.7 Å². The van der Waals surface area contributed by atoms with Gasteiger partial charge in [-0.25, -0.2) is 4.79 Å². The minimum atomic E-state index is -0.289. The predicted molar refractivity (Wildman–Crippen MR) is 56.0 cm³/mol. The monoisotopic (exact) mass is 197 g/mol. The molecule has 1 aliphatic rings. The molecule has 0 aromatic carbocycles. The van der Waals surface area contributed by atoms with E-state index >= 15 is 0 Å². The largest absolute Gasteiger partial charge is 0.463 e. The molecule has 0 spiro atoms. The maximum atomic E-state index is 11.2. The van der Waals surface area contributed by atoms with Gasteiger partial charge in [0.2, 0.25) is 0 Å². The van der Waals surface area contributed by atoms with Gasteiger partial charge in [-0.05, 0) is 32.6 Å². The molecule has 0 aromatic heterocycles. The van der Waals surface area contributed by atoms with Crippen LogP contribution in [0.4, 0.5) is 0 Å². The lowest BCUT2D eigenvalue weighted by Gasteiger charge is -2.13. The van der Waals surface area contributed by atoms with E-state index in [9.17, 15) is 4.79 Å². The van der Waals surface area contributed by atoms with Crippen LogP contribution >= 0.6 is 0 Å². The van der Waals surface area contributed by atoms with Crippen molar-refractivity contribution in [3.05, 3.63) is 12.2 Å². The molecule has 0 aliphatic heterocycles. The highest BCUT2D eigenvalue weighted by Gasteiger charge is 2.27. The van der Waals surface area contributed by atoms with E-state index in [0.29, 0.717) is 24.8 Å². The standard InChI is InChI=1S/C11H19NO2/c1-4-14-11(13)8(2)7-12-9(3)10-5-6-10/h9-10,12H,2,4-7H2,1,3H3. The van der Waals surface area contributed by atoms with Gasteiger partial charge in [0.1, 0.15) is 0 Å². The molecule has 0 amide bonds. The summed E-state index contributed by atoms with van der Waals surface area (Å²) in [6.07, 6.45) is 2.61. The molecule has 80 valence electrons. The number of rotatable bonds is 6. The Morgan fingerprint density at radius 2 is 2.29 bits per heavy atom. The molecule has 1 atom stereocenters. The van der Waals surface area contributed by atoms with E-state index in [4.69, 9.17) is 4.74 Å². The van der Waals surface area contributed by atoms with Gasteiger partial charge in [0.05, 0.1) is 6.61 Å². The van der Waals surface area contributed by atoms with Crippen molar-refractivity contribution in [2.24, 2.45) is 5.92 Å². The van der Waals surface area contributed by atoms with Crippen LogP contribution in [0.25, 0.3) is 0 Å². The topological polar surface area (TPSA) is 38.3 Å². The number of hydrogen-bond donors (Lipinski definition) is 1. The Balaban J connectivity index is 2.16. The summed E-state index contributed by atoms with van der Waals surface area (Å²) in [6.45, 7) is 8.58. The van der Waals surface area contributed by atoms with E-state index < -0.39 is 0 Å². The van der Waals surface area contributed by atoms with Crippen LogP contribution in [0.15, 0.2) is 12.2 Å². The van der Waals surface area contributed by atoms with Crippen LogP contribution in [0, 0.1) is 5.92 Å². The van der Waals surface area contributed by atoms with Gasteiger partial charge < -0.3 is 10.1 Å². The highest BCUT2D eigenvalue weighted by molar-refractivity contribution is 5.88. The Kier molecular flexibility index (Phi) is 4.14. The molecule has 1 aliphatic carbocycles. The summed E-state index contributed by atoms with van der Waals surface area (Å²) >= 11 is 0. The van der Waals surface area contributed by atoms with Crippen molar-refractivity contribution in [1.29, 1.82) is 0 Å². The number of hydrogen-bond acceptors (Lipinski definition) is 3. The fraction of sp³-hybridized carbons (Fsp3) is 0.727. The zero-order chi connectivity index (χ0) is 10.6. The molecule has 0 bridgehead atoms. The average molecular weight is 197 g/mol. The lowest BCUT2D eigenvalue weighted by atomic mass is 10.2. The second-order valence-corrected chi connectivity index (χ2v) is 3.83. The number of carbonyl (C=O) groups excluding carboxylic acids is 1. The Bertz CT molecular complexity index is 221. The molecule has 0 aromatic rings. The van der Waals surface area contributed by atoms with Crippen LogP contribution in [0.3, 0.4) is 0 Å². The van der Waals surface area contributed by atoms with Crippen molar-refractivity contribution in [2.75, 3.05) is 13.2 Å². The molecular weight excluding hydrogens is 178 g/mol. The third-order valence-corrected chi connectivity index (χ3v) is 2.53. The van der Waals surface area contributed by atoms with Crippen LogP contribution in [0.5, 0.6) is 0 Å². The normalized spacial score (nSPS) is 17.6. The molecule has 0 radical (unpaired) electrons. The first-order valence-corrected chi connectivity index (χ1v) is 5.23. The summed E-state index contributed by atoms with van der Waals surface area (Å²) < 4.78 is 4.83. The molecule has 3 heteroatoms. The molecule has 14 heavy (non-hydrogen) atoms. The number of nitrogens with one attached hydrogen (secondary N) is 1. The van der Waals surface area contributed by atoms with Gasteiger partial charge in [-0.1, -0.05) is 6.58 Å². The summed E-state index contributed by atoms with van der Waals surface area (Å²) in [7, 11) is 0. The molecule has 1 fully saturated rings. The number of carbonyl (C=O) groups is 1. The zero-order valence-electron chi connectivity index (χ0n) is 9.01. The third-order valence-electron chi connectivity index (χ3n) is 2.53. The summed E-state index contributed by atoms with van der Waals surface area (Å²) in [5.41, 5.74) is 0.513. The number of esters is 1. The first-order valence-electron chi connectivity index (χ1n) is 5.23. The Hall–Kier alpha value is -0.830. The second-order valence-electron chi connectivity index (χ2n) is 3.83. The van der Waals surface area contributed by atoms with E-state index in [1.54, 1.807) is 6.92 Å². The molecule has 1 rings (SSSR count). The SMILES string of the molecule is C=C(CNC(C)C1CC1)C(=O)OCC. The molecule has 1 saturated carbocycles. The maximum absolute atomic E-state index is 11.2. The highest BCUT2D eigenvalue weighted by atomic mass is 16.5. The molecular formula is C11H19NO2. The van der Waals surface area contributed by atoms with Gasteiger partial charge in [0.15, 0.2) is 0 Å². The summed E-state index contributed by atoms with van der Waals surface area (Å²) in [4.78, 5) is 11.2. The van der Waals surface area contributed by atoms with Gasteiger partial charge >= 0.3 is 5.97 Å². The van der Waals surface area contributed by atoms with Gasteiger partial charge in [0.25, 0.3) is 0 Å². The van der Waals surface area contributed by atoms with Crippen LogP contribution in [0.2, 0.25) is 0 Å².